The Labute approximate surface area is 201 Å². The maximum Gasteiger partial charge on any atom is 0.412 e. The number of thiazole rings is 1. The predicted molar refractivity (Wildman–Crippen MR) is 130 cm³/mol. The summed E-state index contributed by atoms with van der Waals surface area (Å²) in [5.74, 6) is 0.0740. The molecule has 2 N–H and O–H groups in total. The predicted octanol–water partition coefficient (Wildman–Crippen LogP) is 5.87. The first kappa shape index (κ1) is 25.0. The van der Waals surface area contributed by atoms with Crippen molar-refractivity contribution in [3.8, 4) is 22.1 Å². The van der Waals surface area contributed by atoms with Gasteiger partial charge in [-0.1, -0.05) is 0 Å². The van der Waals surface area contributed by atoms with Gasteiger partial charge in [0.1, 0.15) is 21.3 Å². The third-order valence-electron chi connectivity index (χ3n) is 4.49. The van der Waals surface area contributed by atoms with Gasteiger partial charge in [-0.05, 0) is 64.1 Å². The number of rotatable bonds is 6. The second-order valence-corrected chi connectivity index (χ2v) is 9.28. The van der Waals surface area contributed by atoms with Crippen molar-refractivity contribution < 1.29 is 28.2 Å². The number of carbonyl (C=O) groups excluding carboxylic acids is 2. The quantitative estimate of drug-likeness (QED) is 0.451. The smallest absolute Gasteiger partial charge is 0.412 e. The molecule has 0 bridgehead atoms. The van der Waals surface area contributed by atoms with E-state index in [-0.39, 0.29) is 5.69 Å². The number of benzene rings is 2. The summed E-state index contributed by atoms with van der Waals surface area (Å²) in [6.07, 6.45) is -0.798. The van der Waals surface area contributed by atoms with Crippen LogP contribution in [0.2, 0.25) is 0 Å². The highest BCUT2D eigenvalue weighted by Gasteiger charge is 2.20. The molecule has 3 aromatic rings. The lowest BCUT2D eigenvalue weighted by molar-refractivity contribution is 0.0635. The van der Waals surface area contributed by atoms with Gasteiger partial charge < -0.3 is 19.5 Å². The van der Waals surface area contributed by atoms with E-state index in [1.54, 1.807) is 54.0 Å². The summed E-state index contributed by atoms with van der Waals surface area (Å²) >= 11 is 1.21. The molecule has 8 nitrogen and oxygen atoms in total. The second-order valence-electron chi connectivity index (χ2n) is 8.28. The lowest BCUT2D eigenvalue weighted by atomic mass is 10.2. The first-order valence-electron chi connectivity index (χ1n) is 10.3. The van der Waals surface area contributed by atoms with E-state index < -0.39 is 23.4 Å². The fourth-order valence-corrected chi connectivity index (χ4v) is 3.96. The Balaban J connectivity index is 1.79. The van der Waals surface area contributed by atoms with Gasteiger partial charge >= 0.3 is 6.09 Å². The van der Waals surface area contributed by atoms with Crippen LogP contribution in [0, 0.1) is 12.7 Å². The number of amides is 2. The van der Waals surface area contributed by atoms with Crippen molar-refractivity contribution in [2.75, 3.05) is 24.9 Å². The maximum absolute atomic E-state index is 14.2. The van der Waals surface area contributed by atoms with Crippen LogP contribution < -0.4 is 20.1 Å². The summed E-state index contributed by atoms with van der Waals surface area (Å²) < 4.78 is 29.9. The van der Waals surface area contributed by atoms with Gasteiger partial charge in [0.2, 0.25) is 0 Å². The number of nitrogens with zero attached hydrogens (tertiary/aromatic N) is 1. The number of anilines is 2. The highest BCUT2D eigenvalue weighted by Crippen LogP contribution is 2.35. The normalized spacial score (nSPS) is 11.0. The number of carbonyl (C=O) groups is 2. The fraction of sp³-hybridized carbons (Fsp3) is 0.292. The summed E-state index contributed by atoms with van der Waals surface area (Å²) in [5.41, 5.74) is 0.774. The monoisotopic (exact) mass is 487 g/mol. The number of halogens is 1. The topological polar surface area (TPSA) is 98.8 Å². The van der Waals surface area contributed by atoms with Crippen LogP contribution in [-0.2, 0) is 4.74 Å². The Morgan fingerprint density at radius 3 is 2.35 bits per heavy atom. The Hall–Kier alpha value is -3.66. The van der Waals surface area contributed by atoms with Gasteiger partial charge in [0.25, 0.3) is 5.91 Å². The van der Waals surface area contributed by atoms with Crippen molar-refractivity contribution in [2.45, 2.75) is 33.3 Å². The third kappa shape index (κ3) is 6.02. The minimum atomic E-state index is -0.798. The van der Waals surface area contributed by atoms with E-state index in [1.807, 2.05) is 6.07 Å². The van der Waals surface area contributed by atoms with E-state index in [1.165, 1.54) is 23.5 Å². The van der Waals surface area contributed by atoms with Crippen molar-refractivity contribution in [1.82, 2.24) is 4.98 Å². The number of aromatic nitrogens is 1. The summed E-state index contributed by atoms with van der Waals surface area (Å²) in [7, 11) is 3.10. The van der Waals surface area contributed by atoms with E-state index in [9.17, 15) is 14.0 Å². The number of nitrogens with one attached hydrogen (secondary N) is 2. The SMILES string of the molecule is COc1ccc(-c2nc(C)c(C(=O)Nc3ccc(F)c(NC(=O)OC(C)(C)C)c3)s2)cc1OC. The van der Waals surface area contributed by atoms with Crippen molar-refractivity contribution >= 4 is 34.7 Å². The van der Waals surface area contributed by atoms with Crippen LogP contribution in [0.25, 0.3) is 10.6 Å². The summed E-state index contributed by atoms with van der Waals surface area (Å²) in [6.45, 7) is 6.84. The number of methoxy groups -OCH3 is 2. The van der Waals surface area contributed by atoms with Gasteiger partial charge in [0.05, 0.1) is 25.6 Å². The molecule has 10 heteroatoms. The molecular weight excluding hydrogens is 461 g/mol. The minimum absolute atomic E-state index is 0.112. The van der Waals surface area contributed by atoms with Crippen LogP contribution in [0.15, 0.2) is 36.4 Å². The van der Waals surface area contributed by atoms with Gasteiger partial charge in [-0.15, -0.1) is 11.3 Å². The molecule has 0 atom stereocenters. The molecule has 0 aliphatic carbocycles. The molecule has 180 valence electrons. The number of hydrogen-bond donors (Lipinski definition) is 2. The first-order valence-corrected chi connectivity index (χ1v) is 11.1. The first-order chi connectivity index (χ1) is 16.0. The van der Waals surface area contributed by atoms with Crippen LogP contribution in [-0.4, -0.2) is 36.8 Å². The van der Waals surface area contributed by atoms with Crippen LogP contribution >= 0.6 is 11.3 Å². The van der Waals surface area contributed by atoms with Crippen LogP contribution in [0.1, 0.15) is 36.1 Å². The van der Waals surface area contributed by atoms with Crippen molar-refractivity contribution in [2.24, 2.45) is 0 Å². The van der Waals surface area contributed by atoms with E-state index in [4.69, 9.17) is 14.2 Å². The molecule has 1 aromatic heterocycles. The van der Waals surface area contributed by atoms with E-state index in [0.717, 1.165) is 11.6 Å². The Kier molecular flexibility index (Phi) is 7.41. The fourth-order valence-electron chi connectivity index (χ4n) is 3.00. The zero-order valence-electron chi connectivity index (χ0n) is 19.7. The van der Waals surface area contributed by atoms with Gasteiger partial charge in [-0.2, -0.15) is 0 Å². The van der Waals surface area contributed by atoms with Crippen molar-refractivity contribution in [3.05, 3.63) is 52.8 Å². The summed E-state index contributed by atoms with van der Waals surface area (Å²) in [6, 6.07) is 9.25. The molecule has 0 fully saturated rings. The molecule has 0 saturated heterocycles. The molecule has 0 unspecified atom stereocenters. The summed E-state index contributed by atoms with van der Waals surface area (Å²) in [4.78, 5) is 29.8. The molecule has 0 aliphatic rings. The van der Waals surface area contributed by atoms with Crippen molar-refractivity contribution in [3.63, 3.8) is 0 Å². The molecule has 0 saturated carbocycles. The molecule has 34 heavy (non-hydrogen) atoms. The molecular formula is C24H26FN3O5S. The van der Waals surface area contributed by atoms with E-state index >= 15 is 0 Å². The zero-order chi connectivity index (χ0) is 25.0. The molecule has 0 aliphatic heterocycles. The number of ether oxygens (including phenoxy) is 3. The molecule has 0 spiro atoms. The average Bonchev–Trinajstić information content (AvgIpc) is 3.16. The molecule has 0 radical (unpaired) electrons. The third-order valence-corrected chi connectivity index (χ3v) is 5.70. The van der Waals surface area contributed by atoms with E-state index in [0.29, 0.717) is 32.8 Å². The minimum Gasteiger partial charge on any atom is -0.493 e. The lowest BCUT2D eigenvalue weighted by Crippen LogP contribution is -2.27. The summed E-state index contributed by atoms with van der Waals surface area (Å²) in [5, 5.41) is 5.71. The largest absolute Gasteiger partial charge is 0.493 e. The van der Waals surface area contributed by atoms with Crippen LogP contribution in [0.3, 0.4) is 0 Å². The number of hydrogen-bond acceptors (Lipinski definition) is 7. The Morgan fingerprint density at radius 2 is 1.71 bits per heavy atom. The lowest BCUT2D eigenvalue weighted by Gasteiger charge is -2.20. The average molecular weight is 488 g/mol. The van der Waals surface area contributed by atoms with Crippen LogP contribution in [0.4, 0.5) is 20.6 Å². The highest BCUT2D eigenvalue weighted by molar-refractivity contribution is 7.17. The van der Waals surface area contributed by atoms with Gasteiger partial charge in [0, 0.05) is 11.3 Å². The second kappa shape index (κ2) is 10.1. The Morgan fingerprint density at radius 1 is 1.00 bits per heavy atom. The van der Waals surface area contributed by atoms with Gasteiger partial charge in [0.15, 0.2) is 11.5 Å². The Bertz CT molecular complexity index is 1220. The molecule has 2 amide bonds. The molecule has 1 heterocycles. The molecule has 2 aromatic carbocycles. The maximum atomic E-state index is 14.2. The standard InChI is InChI=1S/C24H26FN3O5S/c1-13-20(34-22(26-13)14-7-10-18(31-5)19(11-14)32-6)21(29)27-15-8-9-16(25)17(12-15)28-23(30)33-24(2,3)4/h7-12H,1-6H3,(H,27,29)(H,28,30). The van der Waals surface area contributed by atoms with Gasteiger partial charge in [-0.3, -0.25) is 10.1 Å². The van der Waals surface area contributed by atoms with E-state index in [2.05, 4.69) is 15.6 Å². The van der Waals surface area contributed by atoms with Crippen LogP contribution in [0.5, 0.6) is 11.5 Å². The van der Waals surface area contributed by atoms with Gasteiger partial charge in [-0.25, -0.2) is 14.2 Å². The zero-order valence-corrected chi connectivity index (χ0v) is 20.6. The molecule has 3 rings (SSSR count). The van der Waals surface area contributed by atoms with Crippen molar-refractivity contribution in [1.29, 1.82) is 0 Å². The number of aryl methyl sites for hydroxylation is 1. The highest BCUT2D eigenvalue weighted by atomic mass is 32.1.